The van der Waals surface area contributed by atoms with Crippen LogP contribution < -0.4 is 0 Å². The summed E-state index contributed by atoms with van der Waals surface area (Å²) in [6.45, 7) is 7.48. The van der Waals surface area contributed by atoms with E-state index in [1.165, 1.54) is 12.0 Å². The smallest absolute Gasteiger partial charge is 0.0580 e. The standard InChI is InChI=1S/C16H26N2O/c1-3-18(11-14-6-8-17-9-7-14)12-15-10-13(2)4-5-16(15)19/h6-9,13,15-16,19H,3-5,10-12H2,1-2H3. The lowest BCUT2D eigenvalue weighted by molar-refractivity contribution is 0.0300. The summed E-state index contributed by atoms with van der Waals surface area (Å²) in [5.74, 6) is 1.19. The molecular weight excluding hydrogens is 236 g/mol. The molecule has 0 bridgehead atoms. The molecule has 1 saturated carbocycles. The molecular formula is C16H26N2O. The number of nitrogens with zero attached hydrogens (tertiary/aromatic N) is 2. The van der Waals surface area contributed by atoms with Crippen LogP contribution in [0, 0.1) is 11.8 Å². The topological polar surface area (TPSA) is 36.4 Å². The summed E-state index contributed by atoms with van der Waals surface area (Å²) >= 11 is 0. The van der Waals surface area contributed by atoms with Gasteiger partial charge >= 0.3 is 0 Å². The predicted octanol–water partition coefficient (Wildman–Crippen LogP) is 2.70. The van der Waals surface area contributed by atoms with Gasteiger partial charge in [0.15, 0.2) is 0 Å². The lowest BCUT2D eigenvalue weighted by Crippen LogP contribution is -2.38. The van der Waals surface area contributed by atoms with Crippen molar-refractivity contribution in [2.45, 2.75) is 45.8 Å². The van der Waals surface area contributed by atoms with E-state index < -0.39 is 0 Å². The van der Waals surface area contributed by atoms with Gasteiger partial charge in [0.1, 0.15) is 0 Å². The summed E-state index contributed by atoms with van der Waals surface area (Å²) in [7, 11) is 0. The molecule has 1 heterocycles. The molecule has 0 spiro atoms. The first-order chi connectivity index (χ1) is 9.19. The Balaban J connectivity index is 1.91. The molecule has 0 saturated heterocycles. The Hall–Kier alpha value is -0.930. The predicted molar refractivity (Wildman–Crippen MR) is 77.7 cm³/mol. The van der Waals surface area contributed by atoms with Gasteiger partial charge in [-0.15, -0.1) is 0 Å². The van der Waals surface area contributed by atoms with Crippen molar-refractivity contribution in [3.8, 4) is 0 Å². The van der Waals surface area contributed by atoms with Crippen LogP contribution in [0.15, 0.2) is 24.5 Å². The molecule has 1 fully saturated rings. The van der Waals surface area contributed by atoms with Gasteiger partial charge in [-0.1, -0.05) is 13.8 Å². The van der Waals surface area contributed by atoms with Gasteiger partial charge < -0.3 is 5.11 Å². The summed E-state index contributed by atoms with van der Waals surface area (Å²) in [4.78, 5) is 6.49. The fraction of sp³-hybridized carbons (Fsp3) is 0.688. The van der Waals surface area contributed by atoms with Gasteiger partial charge in [-0.2, -0.15) is 0 Å². The molecule has 1 N–H and O–H groups in total. The molecule has 19 heavy (non-hydrogen) atoms. The number of hydrogen-bond donors (Lipinski definition) is 1. The van der Waals surface area contributed by atoms with E-state index in [0.29, 0.717) is 5.92 Å². The van der Waals surface area contributed by atoms with E-state index in [9.17, 15) is 5.11 Å². The third-order valence-corrected chi connectivity index (χ3v) is 4.30. The first-order valence-electron chi connectivity index (χ1n) is 7.48. The number of aliphatic hydroxyl groups is 1. The molecule has 3 atom stereocenters. The van der Waals surface area contributed by atoms with Gasteiger partial charge in [-0.05, 0) is 55.3 Å². The van der Waals surface area contributed by atoms with E-state index >= 15 is 0 Å². The zero-order valence-electron chi connectivity index (χ0n) is 12.1. The highest BCUT2D eigenvalue weighted by atomic mass is 16.3. The minimum atomic E-state index is -0.109. The third kappa shape index (κ3) is 4.29. The molecule has 1 aromatic rings. The monoisotopic (exact) mass is 262 g/mol. The lowest BCUT2D eigenvalue weighted by atomic mass is 9.80. The molecule has 0 amide bonds. The van der Waals surface area contributed by atoms with Gasteiger partial charge in [0.25, 0.3) is 0 Å². The molecule has 3 nitrogen and oxygen atoms in total. The van der Waals surface area contributed by atoms with Crippen molar-refractivity contribution in [1.82, 2.24) is 9.88 Å². The second-order valence-corrected chi connectivity index (χ2v) is 5.93. The summed E-state index contributed by atoms with van der Waals surface area (Å²) in [5, 5.41) is 10.2. The minimum absolute atomic E-state index is 0.109. The summed E-state index contributed by atoms with van der Waals surface area (Å²) in [6, 6.07) is 4.14. The second kappa shape index (κ2) is 7.01. The number of hydrogen-bond acceptors (Lipinski definition) is 3. The van der Waals surface area contributed by atoms with Crippen LogP contribution in [0.1, 0.15) is 38.7 Å². The van der Waals surface area contributed by atoms with Gasteiger partial charge in [0.2, 0.25) is 0 Å². The van der Waals surface area contributed by atoms with Crippen molar-refractivity contribution in [3.63, 3.8) is 0 Å². The zero-order chi connectivity index (χ0) is 13.7. The Morgan fingerprint density at radius 1 is 1.32 bits per heavy atom. The molecule has 1 aromatic heterocycles. The van der Waals surface area contributed by atoms with Gasteiger partial charge in [-0.25, -0.2) is 0 Å². The van der Waals surface area contributed by atoms with Crippen LogP contribution in [0.3, 0.4) is 0 Å². The van der Waals surface area contributed by atoms with Crippen molar-refractivity contribution in [3.05, 3.63) is 30.1 Å². The second-order valence-electron chi connectivity index (χ2n) is 5.93. The van der Waals surface area contributed by atoms with E-state index in [1.54, 1.807) is 0 Å². The Bertz CT molecular complexity index is 368. The van der Waals surface area contributed by atoms with Crippen molar-refractivity contribution < 1.29 is 5.11 Å². The molecule has 3 heteroatoms. The number of pyridine rings is 1. The van der Waals surface area contributed by atoms with Crippen LogP contribution in [-0.4, -0.2) is 34.2 Å². The zero-order valence-corrected chi connectivity index (χ0v) is 12.1. The molecule has 2 rings (SSSR count). The highest BCUT2D eigenvalue weighted by Gasteiger charge is 2.28. The Morgan fingerprint density at radius 2 is 2.05 bits per heavy atom. The van der Waals surface area contributed by atoms with Crippen LogP contribution in [0.4, 0.5) is 0 Å². The van der Waals surface area contributed by atoms with Gasteiger partial charge in [0.05, 0.1) is 6.10 Å². The number of rotatable bonds is 5. The van der Waals surface area contributed by atoms with Crippen molar-refractivity contribution in [1.29, 1.82) is 0 Å². The highest BCUT2D eigenvalue weighted by molar-refractivity contribution is 5.09. The van der Waals surface area contributed by atoms with Gasteiger partial charge in [0, 0.05) is 25.5 Å². The van der Waals surface area contributed by atoms with Crippen LogP contribution in [-0.2, 0) is 6.54 Å². The fourth-order valence-electron chi connectivity index (χ4n) is 3.06. The van der Waals surface area contributed by atoms with Crippen molar-refractivity contribution in [2.24, 2.45) is 11.8 Å². The first-order valence-corrected chi connectivity index (χ1v) is 7.48. The summed E-state index contributed by atoms with van der Waals surface area (Å²) < 4.78 is 0. The highest BCUT2D eigenvalue weighted by Crippen LogP contribution is 2.29. The quantitative estimate of drug-likeness (QED) is 0.886. The average Bonchev–Trinajstić information content (AvgIpc) is 2.43. The third-order valence-electron chi connectivity index (χ3n) is 4.30. The maximum absolute atomic E-state index is 10.2. The molecule has 0 radical (unpaired) electrons. The van der Waals surface area contributed by atoms with E-state index in [0.717, 1.165) is 38.4 Å². The van der Waals surface area contributed by atoms with Gasteiger partial charge in [-0.3, -0.25) is 9.88 Å². The van der Waals surface area contributed by atoms with Crippen LogP contribution in [0.5, 0.6) is 0 Å². The minimum Gasteiger partial charge on any atom is -0.393 e. The SMILES string of the molecule is CCN(Cc1ccncc1)CC1CC(C)CCC1O. The summed E-state index contributed by atoms with van der Waals surface area (Å²) in [6.07, 6.45) is 6.89. The number of aliphatic hydroxyl groups excluding tert-OH is 1. The normalized spacial score (nSPS) is 27.7. The Kier molecular flexibility index (Phi) is 5.34. The fourth-order valence-corrected chi connectivity index (χ4v) is 3.06. The van der Waals surface area contributed by atoms with Crippen molar-refractivity contribution in [2.75, 3.05) is 13.1 Å². The van der Waals surface area contributed by atoms with Crippen LogP contribution >= 0.6 is 0 Å². The molecule has 0 aromatic carbocycles. The lowest BCUT2D eigenvalue weighted by Gasteiger charge is -2.35. The summed E-state index contributed by atoms with van der Waals surface area (Å²) in [5.41, 5.74) is 1.30. The largest absolute Gasteiger partial charge is 0.393 e. The molecule has 106 valence electrons. The first kappa shape index (κ1) is 14.5. The molecule has 3 unspecified atom stereocenters. The molecule has 1 aliphatic carbocycles. The van der Waals surface area contributed by atoms with Crippen LogP contribution in [0.2, 0.25) is 0 Å². The molecule has 1 aliphatic rings. The number of aromatic nitrogens is 1. The van der Waals surface area contributed by atoms with Crippen LogP contribution in [0.25, 0.3) is 0 Å². The van der Waals surface area contributed by atoms with E-state index in [2.05, 4.69) is 35.9 Å². The molecule has 0 aliphatic heterocycles. The van der Waals surface area contributed by atoms with Crippen molar-refractivity contribution >= 4 is 0 Å². The maximum Gasteiger partial charge on any atom is 0.0580 e. The van der Waals surface area contributed by atoms with E-state index in [4.69, 9.17) is 0 Å². The average molecular weight is 262 g/mol. The van der Waals surface area contributed by atoms with E-state index in [-0.39, 0.29) is 6.10 Å². The Labute approximate surface area is 116 Å². The Morgan fingerprint density at radius 3 is 2.74 bits per heavy atom. The van der Waals surface area contributed by atoms with E-state index in [1.807, 2.05) is 12.4 Å². The maximum atomic E-state index is 10.2.